The SMILES string of the molecule is COc1ccc(C)cc1N1CC(C(=O)NCC(c2cccs2)N(C)C)CC1=O. The van der Waals surface area contributed by atoms with Gasteiger partial charge in [-0.2, -0.15) is 0 Å². The molecule has 0 bridgehead atoms. The molecule has 1 N–H and O–H groups in total. The minimum atomic E-state index is -0.358. The molecule has 1 aromatic heterocycles. The van der Waals surface area contributed by atoms with E-state index in [9.17, 15) is 9.59 Å². The number of benzene rings is 1. The van der Waals surface area contributed by atoms with Crippen LogP contribution in [-0.2, 0) is 9.59 Å². The zero-order valence-corrected chi connectivity index (χ0v) is 17.6. The summed E-state index contributed by atoms with van der Waals surface area (Å²) in [6.45, 7) is 2.86. The number of hydrogen-bond acceptors (Lipinski definition) is 5. The van der Waals surface area contributed by atoms with Crippen LogP contribution in [0.2, 0.25) is 0 Å². The van der Waals surface area contributed by atoms with Crippen LogP contribution in [0.5, 0.6) is 5.75 Å². The average molecular weight is 402 g/mol. The Kier molecular flexibility index (Phi) is 6.36. The van der Waals surface area contributed by atoms with Crippen molar-refractivity contribution in [1.29, 1.82) is 0 Å². The van der Waals surface area contributed by atoms with Crippen LogP contribution in [0.15, 0.2) is 35.7 Å². The number of nitrogens with one attached hydrogen (secondary N) is 1. The van der Waals surface area contributed by atoms with Gasteiger partial charge in [-0.25, -0.2) is 0 Å². The standard InChI is InChI=1S/C21H27N3O3S/c1-14-7-8-18(27-4)16(10-14)24-13-15(11-20(24)25)21(26)22-12-17(23(2)3)19-6-5-9-28-19/h5-10,15,17H,11-13H2,1-4H3,(H,22,26). The van der Waals surface area contributed by atoms with Crippen molar-refractivity contribution in [2.45, 2.75) is 19.4 Å². The minimum Gasteiger partial charge on any atom is -0.495 e. The number of carbonyl (C=O) groups is 2. The number of aryl methyl sites for hydroxylation is 1. The van der Waals surface area contributed by atoms with E-state index in [0.29, 0.717) is 18.8 Å². The Morgan fingerprint density at radius 2 is 2.18 bits per heavy atom. The molecular weight excluding hydrogens is 374 g/mol. The number of thiophene rings is 1. The highest BCUT2D eigenvalue weighted by atomic mass is 32.1. The predicted octanol–water partition coefficient (Wildman–Crippen LogP) is 2.84. The summed E-state index contributed by atoms with van der Waals surface area (Å²) in [4.78, 5) is 30.3. The van der Waals surface area contributed by atoms with Crippen molar-refractivity contribution in [1.82, 2.24) is 10.2 Å². The highest BCUT2D eigenvalue weighted by Crippen LogP contribution is 2.34. The molecule has 1 aliphatic rings. The molecule has 3 rings (SSSR count). The van der Waals surface area contributed by atoms with Crippen molar-refractivity contribution in [2.75, 3.05) is 39.2 Å². The summed E-state index contributed by atoms with van der Waals surface area (Å²) in [5, 5.41) is 5.08. The smallest absolute Gasteiger partial charge is 0.227 e. The zero-order chi connectivity index (χ0) is 20.3. The van der Waals surface area contributed by atoms with Crippen LogP contribution < -0.4 is 15.0 Å². The van der Waals surface area contributed by atoms with Crippen molar-refractivity contribution in [3.63, 3.8) is 0 Å². The maximum atomic E-state index is 12.7. The Bertz CT molecular complexity index is 835. The second-order valence-electron chi connectivity index (χ2n) is 7.32. The number of carbonyl (C=O) groups excluding carboxylic acids is 2. The summed E-state index contributed by atoms with van der Waals surface area (Å²) in [6.07, 6.45) is 0.217. The van der Waals surface area contributed by atoms with Crippen LogP contribution in [-0.4, -0.2) is 51.0 Å². The van der Waals surface area contributed by atoms with Gasteiger partial charge >= 0.3 is 0 Å². The van der Waals surface area contributed by atoms with Gasteiger partial charge in [-0.15, -0.1) is 11.3 Å². The molecule has 28 heavy (non-hydrogen) atoms. The van der Waals surface area contributed by atoms with Crippen LogP contribution in [0.3, 0.4) is 0 Å². The summed E-state index contributed by atoms with van der Waals surface area (Å²) in [6, 6.07) is 9.94. The number of hydrogen-bond donors (Lipinski definition) is 1. The molecule has 2 amide bonds. The van der Waals surface area contributed by atoms with Crippen molar-refractivity contribution >= 4 is 28.8 Å². The van der Waals surface area contributed by atoms with Gasteiger partial charge in [0.25, 0.3) is 0 Å². The third-order valence-electron chi connectivity index (χ3n) is 5.09. The quantitative estimate of drug-likeness (QED) is 0.775. The van der Waals surface area contributed by atoms with Gasteiger partial charge in [-0.3, -0.25) is 9.59 Å². The Morgan fingerprint density at radius 3 is 2.82 bits per heavy atom. The monoisotopic (exact) mass is 401 g/mol. The molecular formula is C21H27N3O3S. The molecule has 0 aliphatic carbocycles. The minimum absolute atomic E-state index is 0.0496. The summed E-state index contributed by atoms with van der Waals surface area (Å²) in [5.74, 6) is 0.159. The van der Waals surface area contributed by atoms with E-state index in [1.54, 1.807) is 23.3 Å². The molecule has 150 valence electrons. The Morgan fingerprint density at radius 1 is 1.39 bits per heavy atom. The largest absolute Gasteiger partial charge is 0.495 e. The lowest BCUT2D eigenvalue weighted by Gasteiger charge is -2.24. The highest BCUT2D eigenvalue weighted by Gasteiger charge is 2.36. The van der Waals surface area contributed by atoms with Crippen LogP contribution in [0, 0.1) is 12.8 Å². The predicted molar refractivity (Wildman–Crippen MR) is 112 cm³/mol. The van der Waals surface area contributed by atoms with Crippen LogP contribution in [0.25, 0.3) is 0 Å². The van der Waals surface area contributed by atoms with Gasteiger partial charge in [0.1, 0.15) is 5.75 Å². The van der Waals surface area contributed by atoms with Gasteiger partial charge in [0.15, 0.2) is 0 Å². The van der Waals surface area contributed by atoms with Crippen molar-refractivity contribution in [2.24, 2.45) is 5.92 Å². The summed E-state index contributed by atoms with van der Waals surface area (Å²) < 4.78 is 5.40. The van der Waals surface area contributed by atoms with Gasteiger partial charge < -0.3 is 19.9 Å². The van der Waals surface area contributed by atoms with Crippen LogP contribution in [0.1, 0.15) is 22.9 Å². The first-order chi connectivity index (χ1) is 13.4. The van der Waals surface area contributed by atoms with Crippen molar-refractivity contribution in [3.8, 4) is 5.75 Å². The van der Waals surface area contributed by atoms with E-state index in [1.165, 1.54) is 4.88 Å². The third kappa shape index (κ3) is 4.36. The molecule has 2 unspecified atom stereocenters. The van der Waals surface area contributed by atoms with E-state index in [1.807, 2.05) is 50.7 Å². The molecule has 6 nitrogen and oxygen atoms in total. The lowest BCUT2D eigenvalue weighted by atomic mass is 10.1. The maximum Gasteiger partial charge on any atom is 0.227 e. The van der Waals surface area contributed by atoms with E-state index < -0.39 is 0 Å². The fraction of sp³-hybridized carbons (Fsp3) is 0.429. The molecule has 1 saturated heterocycles. The third-order valence-corrected chi connectivity index (χ3v) is 6.06. The van der Waals surface area contributed by atoms with Crippen LogP contribution >= 0.6 is 11.3 Å². The molecule has 2 aromatic rings. The Labute approximate surface area is 170 Å². The van der Waals surface area contributed by atoms with Crippen molar-refractivity contribution < 1.29 is 14.3 Å². The summed E-state index contributed by atoms with van der Waals surface area (Å²) >= 11 is 1.68. The maximum absolute atomic E-state index is 12.7. The highest BCUT2D eigenvalue weighted by molar-refractivity contribution is 7.10. The first-order valence-corrected chi connectivity index (χ1v) is 10.2. The topological polar surface area (TPSA) is 61.9 Å². The normalized spacial score (nSPS) is 17.8. The molecule has 0 saturated carbocycles. The molecule has 1 aliphatic heterocycles. The molecule has 0 spiro atoms. The fourth-order valence-corrected chi connectivity index (χ4v) is 4.41. The van der Waals surface area contributed by atoms with Gasteiger partial charge in [0.05, 0.1) is 24.8 Å². The molecule has 2 heterocycles. The number of nitrogens with zero attached hydrogens (tertiary/aromatic N) is 2. The fourth-order valence-electron chi connectivity index (χ4n) is 3.49. The molecule has 1 fully saturated rings. The van der Waals surface area contributed by atoms with E-state index >= 15 is 0 Å². The van der Waals surface area contributed by atoms with Crippen LogP contribution in [0.4, 0.5) is 5.69 Å². The zero-order valence-electron chi connectivity index (χ0n) is 16.8. The van der Waals surface area contributed by atoms with E-state index in [2.05, 4.69) is 16.3 Å². The van der Waals surface area contributed by atoms with Crippen molar-refractivity contribution in [3.05, 3.63) is 46.2 Å². The summed E-state index contributed by atoms with van der Waals surface area (Å²) in [7, 11) is 5.59. The van der Waals surface area contributed by atoms with E-state index in [4.69, 9.17) is 4.74 Å². The molecule has 0 radical (unpaired) electrons. The average Bonchev–Trinajstić information content (AvgIpc) is 3.31. The van der Waals surface area contributed by atoms with E-state index in [-0.39, 0.29) is 30.2 Å². The second kappa shape index (κ2) is 8.75. The van der Waals surface area contributed by atoms with Gasteiger partial charge in [-0.05, 0) is 50.2 Å². The lowest BCUT2D eigenvalue weighted by molar-refractivity contribution is -0.126. The molecule has 1 aromatic carbocycles. The second-order valence-corrected chi connectivity index (χ2v) is 8.30. The summed E-state index contributed by atoms with van der Waals surface area (Å²) in [5.41, 5.74) is 1.77. The number of amides is 2. The Hall–Kier alpha value is -2.38. The number of rotatable bonds is 7. The van der Waals surface area contributed by atoms with Gasteiger partial charge in [0, 0.05) is 24.4 Å². The number of anilines is 1. The van der Waals surface area contributed by atoms with E-state index in [0.717, 1.165) is 11.3 Å². The lowest BCUT2D eigenvalue weighted by Crippen LogP contribution is -2.38. The first kappa shape index (κ1) is 20.4. The first-order valence-electron chi connectivity index (χ1n) is 9.33. The number of ether oxygens (including phenoxy) is 1. The molecule has 2 atom stereocenters. The number of methoxy groups -OCH3 is 1. The Balaban J connectivity index is 1.66. The van der Waals surface area contributed by atoms with Gasteiger partial charge in [-0.1, -0.05) is 12.1 Å². The number of likely N-dealkylation sites (N-methyl/N-ethyl adjacent to an activating group) is 1. The van der Waals surface area contributed by atoms with Gasteiger partial charge in [0.2, 0.25) is 11.8 Å². The molecule has 7 heteroatoms.